The lowest BCUT2D eigenvalue weighted by molar-refractivity contribution is -0.385. The molecule has 0 aliphatic carbocycles. The summed E-state index contributed by atoms with van der Waals surface area (Å²) in [5.74, 6) is -0.110. The van der Waals surface area contributed by atoms with E-state index in [0.717, 1.165) is 0 Å². The van der Waals surface area contributed by atoms with Crippen LogP contribution in [0.2, 0.25) is 0 Å². The molecule has 1 aliphatic heterocycles. The third-order valence-electron chi connectivity index (χ3n) is 4.17. The van der Waals surface area contributed by atoms with E-state index in [-0.39, 0.29) is 16.7 Å². The molecule has 1 heterocycles. The van der Waals surface area contributed by atoms with Crippen molar-refractivity contribution in [3.05, 3.63) is 63.8 Å². The standard InChI is InChI=1S/C19H17N3O5S/c1-3-27-14-7-5-13(6-8-14)21-18(24)16(20(2)19(21)28)11-12-4-9-17(23)15(10-12)22(25)26/h4-11,23H,3H2,1-2H3. The van der Waals surface area contributed by atoms with Crippen LogP contribution in [0.1, 0.15) is 12.5 Å². The molecule has 1 amide bonds. The molecule has 0 bridgehead atoms. The third-order valence-corrected chi connectivity index (χ3v) is 4.62. The fraction of sp³-hybridized carbons (Fsp3) is 0.158. The number of benzene rings is 2. The maximum atomic E-state index is 12.9. The van der Waals surface area contributed by atoms with E-state index in [9.17, 15) is 20.0 Å². The average molecular weight is 399 g/mol. The number of amides is 1. The molecule has 0 atom stereocenters. The van der Waals surface area contributed by atoms with Crippen molar-refractivity contribution in [3.63, 3.8) is 0 Å². The molecule has 2 aromatic carbocycles. The van der Waals surface area contributed by atoms with Crippen LogP contribution in [-0.4, -0.2) is 39.6 Å². The number of phenolic OH excluding ortho intramolecular Hbond substituents is 1. The molecule has 0 saturated carbocycles. The van der Waals surface area contributed by atoms with Gasteiger partial charge in [-0.3, -0.25) is 19.8 Å². The van der Waals surface area contributed by atoms with E-state index in [1.54, 1.807) is 31.3 Å². The van der Waals surface area contributed by atoms with Crippen LogP contribution in [0.15, 0.2) is 48.2 Å². The second kappa shape index (κ2) is 7.65. The highest BCUT2D eigenvalue weighted by atomic mass is 32.1. The van der Waals surface area contributed by atoms with E-state index in [2.05, 4.69) is 0 Å². The van der Waals surface area contributed by atoms with Gasteiger partial charge in [0.2, 0.25) is 0 Å². The number of carbonyl (C=O) groups is 1. The van der Waals surface area contributed by atoms with Gasteiger partial charge in [0.05, 0.1) is 17.2 Å². The number of rotatable bonds is 5. The van der Waals surface area contributed by atoms with Gasteiger partial charge >= 0.3 is 5.69 Å². The highest BCUT2D eigenvalue weighted by Crippen LogP contribution is 2.31. The number of nitro benzene ring substituents is 1. The lowest BCUT2D eigenvalue weighted by Gasteiger charge is -2.16. The van der Waals surface area contributed by atoms with Crippen molar-refractivity contribution >= 4 is 40.7 Å². The van der Waals surface area contributed by atoms with Gasteiger partial charge in [0, 0.05) is 13.1 Å². The number of ether oxygens (including phenoxy) is 1. The predicted molar refractivity (Wildman–Crippen MR) is 108 cm³/mol. The van der Waals surface area contributed by atoms with Crippen molar-refractivity contribution in [1.29, 1.82) is 0 Å². The van der Waals surface area contributed by atoms with E-state index in [0.29, 0.717) is 23.6 Å². The van der Waals surface area contributed by atoms with Crippen molar-refractivity contribution in [2.45, 2.75) is 6.92 Å². The van der Waals surface area contributed by atoms with Crippen LogP contribution in [0.25, 0.3) is 6.08 Å². The summed E-state index contributed by atoms with van der Waals surface area (Å²) in [6, 6.07) is 10.9. The van der Waals surface area contributed by atoms with Gasteiger partial charge in [-0.1, -0.05) is 6.07 Å². The number of anilines is 1. The van der Waals surface area contributed by atoms with E-state index in [1.807, 2.05) is 6.92 Å². The Morgan fingerprint density at radius 2 is 1.93 bits per heavy atom. The number of likely N-dealkylation sites (N-methyl/N-ethyl adjacent to an activating group) is 1. The summed E-state index contributed by atoms with van der Waals surface area (Å²) in [7, 11) is 1.65. The van der Waals surface area contributed by atoms with Gasteiger partial charge < -0.3 is 14.7 Å². The number of hydrogen-bond donors (Lipinski definition) is 1. The quantitative estimate of drug-likeness (QED) is 0.357. The molecule has 8 nitrogen and oxygen atoms in total. The Hall–Kier alpha value is -3.46. The third kappa shape index (κ3) is 3.52. The van der Waals surface area contributed by atoms with Gasteiger partial charge in [-0.25, -0.2) is 0 Å². The van der Waals surface area contributed by atoms with Crippen molar-refractivity contribution in [3.8, 4) is 11.5 Å². The summed E-state index contributed by atoms with van der Waals surface area (Å²) in [4.78, 5) is 26.2. The number of nitro groups is 1. The first-order valence-corrected chi connectivity index (χ1v) is 8.78. The Labute approximate surface area is 166 Å². The summed E-state index contributed by atoms with van der Waals surface area (Å²) in [5, 5.41) is 20.9. The largest absolute Gasteiger partial charge is 0.502 e. The lowest BCUT2D eigenvalue weighted by atomic mass is 10.1. The van der Waals surface area contributed by atoms with E-state index in [4.69, 9.17) is 17.0 Å². The molecule has 1 saturated heterocycles. The second-order valence-corrected chi connectivity index (χ2v) is 6.31. The SMILES string of the molecule is CCOc1ccc(N2C(=O)C(=Cc3ccc(O)c([N+](=O)[O-])c3)N(C)C2=S)cc1. The van der Waals surface area contributed by atoms with Gasteiger partial charge in [0.25, 0.3) is 5.91 Å². The molecule has 2 aromatic rings. The van der Waals surface area contributed by atoms with Crippen LogP contribution in [0.5, 0.6) is 11.5 Å². The number of phenols is 1. The van der Waals surface area contributed by atoms with Crippen LogP contribution in [-0.2, 0) is 4.79 Å². The first-order chi connectivity index (χ1) is 13.3. The molecule has 9 heteroatoms. The summed E-state index contributed by atoms with van der Waals surface area (Å²) in [5.41, 5.74) is 0.814. The van der Waals surface area contributed by atoms with E-state index < -0.39 is 16.4 Å². The van der Waals surface area contributed by atoms with Gasteiger partial charge in [0.15, 0.2) is 10.9 Å². The molecule has 1 fully saturated rings. The van der Waals surface area contributed by atoms with Crippen LogP contribution in [0.4, 0.5) is 11.4 Å². The molecular formula is C19H17N3O5S. The minimum absolute atomic E-state index is 0.263. The Kier molecular flexibility index (Phi) is 5.27. The summed E-state index contributed by atoms with van der Waals surface area (Å²) >= 11 is 5.40. The van der Waals surface area contributed by atoms with Crippen LogP contribution < -0.4 is 9.64 Å². The number of aromatic hydroxyl groups is 1. The molecule has 0 spiro atoms. The highest BCUT2D eigenvalue weighted by molar-refractivity contribution is 7.80. The number of hydrogen-bond acceptors (Lipinski definition) is 6. The highest BCUT2D eigenvalue weighted by Gasteiger charge is 2.36. The molecule has 3 rings (SSSR count). The average Bonchev–Trinajstić information content (AvgIpc) is 2.87. The molecular weight excluding hydrogens is 382 g/mol. The number of carbonyl (C=O) groups excluding carboxylic acids is 1. The normalized spacial score (nSPS) is 15.4. The number of nitrogens with zero attached hydrogens (tertiary/aromatic N) is 3. The summed E-state index contributed by atoms with van der Waals surface area (Å²) in [6.45, 7) is 2.42. The first-order valence-electron chi connectivity index (χ1n) is 8.37. The maximum Gasteiger partial charge on any atom is 0.311 e. The summed E-state index contributed by atoms with van der Waals surface area (Å²) < 4.78 is 5.41. The zero-order valence-electron chi connectivity index (χ0n) is 15.2. The monoisotopic (exact) mass is 399 g/mol. The van der Waals surface area contributed by atoms with E-state index in [1.165, 1.54) is 34.1 Å². The topological polar surface area (TPSA) is 96.1 Å². The maximum absolute atomic E-state index is 12.9. The Morgan fingerprint density at radius 3 is 2.54 bits per heavy atom. The minimum Gasteiger partial charge on any atom is -0.502 e. The Bertz CT molecular complexity index is 988. The predicted octanol–water partition coefficient (Wildman–Crippen LogP) is 3.30. The van der Waals surface area contributed by atoms with Crippen molar-refractivity contribution < 1.29 is 19.6 Å². The lowest BCUT2D eigenvalue weighted by Crippen LogP contribution is -2.31. The minimum atomic E-state index is -0.686. The van der Waals surface area contributed by atoms with Crippen LogP contribution in [0, 0.1) is 10.1 Å². The molecule has 0 aromatic heterocycles. The van der Waals surface area contributed by atoms with Gasteiger partial charge in [-0.15, -0.1) is 0 Å². The smallest absolute Gasteiger partial charge is 0.311 e. The fourth-order valence-corrected chi connectivity index (χ4v) is 3.06. The van der Waals surface area contributed by atoms with Gasteiger partial charge in [-0.2, -0.15) is 0 Å². The molecule has 1 aliphatic rings. The van der Waals surface area contributed by atoms with Crippen LogP contribution in [0.3, 0.4) is 0 Å². The van der Waals surface area contributed by atoms with Crippen LogP contribution >= 0.6 is 12.2 Å². The Morgan fingerprint density at radius 1 is 1.25 bits per heavy atom. The molecule has 144 valence electrons. The van der Waals surface area contributed by atoms with Crippen molar-refractivity contribution in [1.82, 2.24) is 4.90 Å². The first kappa shape index (κ1) is 19.3. The van der Waals surface area contributed by atoms with Crippen molar-refractivity contribution in [2.24, 2.45) is 0 Å². The number of thiocarbonyl (C=S) groups is 1. The fourth-order valence-electron chi connectivity index (χ4n) is 2.78. The zero-order valence-corrected chi connectivity index (χ0v) is 16.0. The van der Waals surface area contributed by atoms with Crippen molar-refractivity contribution in [2.75, 3.05) is 18.6 Å². The summed E-state index contributed by atoms with van der Waals surface area (Å²) in [6.07, 6.45) is 1.50. The van der Waals surface area contributed by atoms with E-state index >= 15 is 0 Å². The molecule has 28 heavy (non-hydrogen) atoms. The molecule has 1 N–H and O–H groups in total. The zero-order chi connectivity index (χ0) is 20.4. The van der Waals surface area contributed by atoms with Gasteiger partial charge in [-0.05, 0) is 61.1 Å². The Balaban J connectivity index is 1.95. The van der Waals surface area contributed by atoms with Gasteiger partial charge in [0.1, 0.15) is 11.4 Å². The second-order valence-electron chi connectivity index (χ2n) is 5.94. The molecule has 0 unspecified atom stereocenters. The molecule has 0 radical (unpaired) electrons.